The monoisotopic (exact) mass is 703 g/mol. The number of furan rings is 1. The first-order valence-electron chi connectivity index (χ1n) is 19.1. The van der Waals surface area contributed by atoms with Crippen LogP contribution in [0.2, 0.25) is 0 Å². The van der Waals surface area contributed by atoms with Crippen molar-refractivity contribution in [2.45, 2.75) is 19.3 Å². The van der Waals surface area contributed by atoms with Crippen molar-refractivity contribution < 1.29 is 4.42 Å². The third kappa shape index (κ3) is 4.88. The van der Waals surface area contributed by atoms with Crippen LogP contribution < -0.4 is 4.90 Å². The summed E-state index contributed by atoms with van der Waals surface area (Å²) in [6, 6.07) is 68.3. The van der Waals surface area contributed by atoms with Gasteiger partial charge in [-0.2, -0.15) is 0 Å². The van der Waals surface area contributed by atoms with E-state index in [4.69, 9.17) is 4.42 Å². The first kappa shape index (κ1) is 31.6. The van der Waals surface area contributed by atoms with E-state index >= 15 is 0 Å². The molecule has 10 aromatic rings. The van der Waals surface area contributed by atoms with E-state index in [0.29, 0.717) is 0 Å². The lowest BCUT2D eigenvalue weighted by atomic mass is 9.82. The molecule has 1 aliphatic carbocycles. The molecule has 0 bridgehead atoms. The van der Waals surface area contributed by atoms with E-state index in [0.717, 1.165) is 44.6 Å². The normalized spacial score (nSPS) is 13.1. The Morgan fingerprint density at radius 1 is 0.400 bits per heavy atom. The van der Waals surface area contributed by atoms with Crippen molar-refractivity contribution in [2.75, 3.05) is 4.90 Å². The van der Waals surface area contributed by atoms with Gasteiger partial charge in [0.05, 0.1) is 0 Å². The van der Waals surface area contributed by atoms with Gasteiger partial charge in [-0.05, 0) is 109 Å². The Morgan fingerprint density at radius 3 is 1.87 bits per heavy atom. The fraction of sp³-hybridized carbons (Fsp3) is 0.0566. The maximum absolute atomic E-state index is 6.91. The van der Waals surface area contributed by atoms with Gasteiger partial charge >= 0.3 is 0 Å². The highest BCUT2D eigenvalue weighted by Crippen LogP contribution is 2.51. The molecule has 0 N–H and O–H groups in total. The minimum Gasteiger partial charge on any atom is -0.455 e. The molecule has 1 aliphatic rings. The number of benzene rings is 9. The minimum atomic E-state index is -0.117. The zero-order chi connectivity index (χ0) is 36.7. The lowest BCUT2D eigenvalue weighted by Gasteiger charge is -2.28. The van der Waals surface area contributed by atoms with Gasteiger partial charge in [0.1, 0.15) is 11.2 Å². The first-order chi connectivity index (χ1) is 27.0. The highest BCUT2D eigenvalue weighted by Gasteiger charge is 2.35. The Bertz CT molecular complexity index is 3110. The number of nitrogens with zero attached hydrogens (tertiary/aromatic N) is 1. The zero-order valence-electron chi connectivity index (χ0n) is 30.8. The quantitative estimate of drug-likeness (QED) is 0.177. The van der Waals surface area contributed by atoms with Crippen molar-refractivity contribution in [3.8, 4) is 33.4 Å². The molecule has 0 fully saturated rings. The number of fused-ring (bicyclic) bond motifs is 8. The molecule has 55 heavy (non-hydrogen) atoms. The van der Waals surface area contributed by atoms with Crippen molar-refractivity contribution >= 4 is 60.5 Å². The molecular formula is C53H37NO. The first-order valence-corrected chi connectivity index (χ1v) is 19.1. The van der Waals surface area contributed by atoms with Crippen LogP contribution in [0.15, 0.2) is 192 Å². The summed E-state index contributed by atoms with van der Waals surface area (Å²) >= 11 is 0. The Hall–Kier alpha value is -6.90. The third-order valence-electron chi connectivity index (χ3n) is 11.8. The maximum atomic E-state index is 6.91. The average molecular weight is 704 g/mol. The molecule has 2 nitrogen and oxygen atoms in total. The van der Waals surface area contributed by atoms with Crippen LogP contribution in [0.25, 0.3) is 76.9 Å². The molecule has 2 heteroatoms. The van der Waals surface area contributed by atoms with Crippen molar-refractivity contribution in [1.82, 2.24) is 0 Å². The molecular weight excluding hydrogens is 667 g/mol. The van der Waals surface area contributed by atoms with Gasteiger partial charge in [0, 0.05) is 38.8 Å². The van der Waals surface area contributed by atoms with Crippen molar-refractivity contribution in [1.29, 1.82) is 0 Å². The van der Waals surface area contributed by atoms with Crippen molar-refractivity contribution in [3.63, 3.8) is 0 Å². The third-order valence-corrected chi connectivity index (χ3v) is 11.8. The van der Waals surface area contributed by atoms with E-state index in [1.807, 2.05) is 0 Å². The highest BCUT2D eigenvalue weighted by atomic mass is 16.3. The Kier molecular flexibility index (Phi) is 6.93. The van der Waals surface area contributed by atoms with Crippen LogP contribution in [-0.2, 0) is 5.41 Å². The van der Waals surface area contributed by atoms with Gasteiger partial charge in [0.2, 0.25) is 0 Å². The van der Waals surface area contributed by atoms with E-state index in [-0.39, 0.29) is 5.41 Å². The molecule has 0 saturated carbocycles. The molecule has 1 aromatic heterocycles. The van der Waals surface area contributed by atoms with E-state index < -0.39 is 0 Å². The van der Waals surface area contributed by atoms with Crippen LogP contribution in [0.1, 0.15) is 25.0 Å². The van der Waals surface area contributed by atoms with E-state index in [9.17, 15) is 0 Å². The van der Waals surface area contributed by atoms with E-state index in [1.165, 1.54) is 60.5 Å². The van der Waals surface area contributed by atoms with Gasteiger partial charge in [-0.25, -0.2) is 0 Å². The fourth-order valence-electron chi connectivity index (χ4n) is 9.12. The second-order valence-electron chi connectivity index (χ2n) is 15.3. The topological polar surface area (TPSA) is 16.4 Å². The molecule has 0 amide bonds. The van der Waals surface area contributed by atoms with Crippen LogP contribution in [-0.4, -0.2) is 0 Å². The highest BCUT2D eigenvalue weighted by molar-refractivity contribution is 6.21. The molecule has 0 spiro atoms. The van der Waals surface area contributed by atoms with Crippen LogP contribution in [0, 0.1) is 0 Å². The average Bonchev–Trinajstić information content (AvgIpc) is 3.71. The van der Waals surface area contributed by atoms with Gasteiger partial charge in [-0.15, -0.1) is 0 Å². The molecule has 0 saturated heterocycles. The van der Waals surface area contributed by atoms with Gasteiger partial charge in [0.15, 0.2) is 0 Å². The summed E-state index contributed by atoms with van der Waals surface area (Å²) in [7, 11) is 0. The lowest BCUT2D eigenvalue weighted by Crippen LogP contribution is -2.16. The van der Waals surface area contributed by atoms with Crippen molar-refractivity contribution in [3.05, 3.63) is 199 Å². The second kappa shape index (κ2) is 12.1. The van der Waals surface area contributed by atoms with Crippen LogP contribution >= 0.6 is 0 Å². The lowest BCUT2D eigenvalue weighted by molar-refractivity contribution is 0.660. The summed E-state index contributed by atoms with van der Waals surface area (Å²) in [4.78, 5) is 2.40. The molecule has 1 heterocycles. The predicted octanol–water partition coefficient (Wildman–Crippen LogP) is 15.0. The summed E-state index contributed by atoms with van der Waals surface area (Å²) in [5.74, 6) is 0. The Balaban J connectivity index is 1.13. The molecule has 9 aromatic carbocycles. The number of anilines is 3. The van der Waals surface area contributed by atoms with Crippen LogP contribution in [0.3, 0.4) is 0 Å². The second-order valence-corrected chi connectivity index (χ2v) is 15.3. The Morgan fingerprint density at radius 2 is 1.02 bits per heavy atom. The molecule has 0 atom stereocenters. The van der Waals surface area contributed by atoms with Gasteiger partial charge in [-0.1, -0.05) is 153 Å². The molecule has 260 valence electrons. The maximum Gasteiger partial charge on any atom is 0.143 e. The number of hydrogen-bond donors (Lipinski definition) is 0. The zero-order valence-corrected chi connectivity index (χ0v) is 30.8. The van der Waals surface area contributed by atoms with Crippen LogP contribution in [0.4, 0.5) is 17.1 Å². The van der Waals surface area contributed by atoms with E-state index in [2.05, 4.69) is 207 Å². The largest absolute Gasteiger partial charge is 0.455 e. The Labute approximate surface area is 320 Å². The number of rotatable bonds is 5. The van der Waals surface area contributed by atoms with Gasteiger partial charge < -0.3 is 9.32 Å². The van der Waals surface area contributed by atoms with Crippen molar-refractivity contribution in [2.24, 2.45) is 0 Å². The summed E-state index contributed by atoms with van der Waals surface area (Å²) in [6.45, 7) is 4.70. The molecule has 0 radical (unpaired) electrons. The number of hydrogen-bond acceptors (Lipinski definition) is 2. The summed E-state index contributed by atoms with van der Waals surface area (Å²) in [5.41, 5.74) is 15.1. The minimum absolute atomic E-state index is 0.117. The summed E-state index contributed by atoms with van der Waals surface area (Å²) in [6.07, 6.45) is 0. The fourth-order valence-corrected chi connectivity index (χ4v) is 9.12. The standard InChI is InChI=1S/C53H37NO/c1-53(2)48-22-11-10-20-43(48)44-29-27-40(33-49(44)53)54(38-25-23-35(24-26-38)34-13-4-3-5-14-34)39-28-30-50-46(32-39)47-31-37-16-7-9-19-42(37)51(52(47)55-50)45-21-12-17-36-15-6-8-18-41(36)45/h3-33H,1-2H3. The van der Waals surface area contributed by atoms with E-state index in [1.54, 1.807) is 0 Å². The van der Waals surface area contributed by atoms with Crippen LogP contribution in [0.5, 0.6) is 0 Å². The molecule has 11 rings (SSSR count). The smallest absolute Gasteiger partial charge is 0.143 e. The van der Waals surface area contributed by atoms with Gasteiger partial charge in [0.25, 0.3) is 0 Å². The molecule has 0 aliphatic heterocycles. The predicted molar refractivity (Wildman–Crippen MR) is 232 cm³/mol. The van der Waals surface area contributed by atoms with Gasteiger partial charge in [-0.3, -0.25) is 0 Å². The SMILES string of the molecule is CC1(C)c2ccccc2-c2ccc(N(c3ccc(-c4ccccc4)cc3)c3ccc4oc5c(-c6cccc7ccccc67)c6ccccc6cc5c4c3)cc21. The summed E-state index contributed by atoms with van der Waals surface area (Å²) in [5, 5.41) is 7.03. The molecule has 0 unspecified atom stereocenters. The summed E-state index contributed by atoms with van der Waals surface area (Å²) < 4.78 is 6.91.